The average Bonchev–Trinajstić information content (AvgIpc) is 2.54. The maximum Gasteiger partial charge on any atom is 0.319 e. The number of carbonyl (C=O) groups excluding carboxylic acids is 1. The van der Waals surface area contributed by atoms with Crippen molar-refractivity contribution in [1.82, 2.24) is 5.32 Å². The number of hydrogen-bond donors (Lipinski definition) is 2. The summed E-state index contributed by atoms with van der Waals surface area (Å²) in [6.07, 6.45) is 0.553. The molecule has 0 fully saturated rings. The number of carbonyl (C=O) groups is 1. The largest absolute Gasteiger partial charge is 0.493 e. The number of hydrogen-bond acceptors (Lipinski definition) is 3. The second-order valence-corrected chi connectivity index (χ2v) is 4.83. The first-order chi connectivity index (χ1) is 11.1. The molecule has 5 nitrogen and oxygen atoms in total. The van der Waals surface area contributed by atoms with Crippen LogP contribution in [0.5, 0.6) is 11.5 Å². The summed E-state index contributed by atoms with van der Waals surface area (Å²) in [5.41, 5.74) is 1.42. The molecule has 0 saturated carbocycles. The number of ether oxygens (including phenoxy) is 2. The van der Waals surface area contributed by atoms with Crippen molar-refractivity contribution in [1.29, 1.82) is 0 Å². The van der Waals surface area contributed by atoms with E-state index >= 15 is 0 Å². The lowest BCUT2D eigenvalue weighted by Crippen LogP contribution is -2.30. The summed E-state index contributed by atoms with van der Waals surface area (Å²) in [6.45, 7) is 0.405. The highest BCUT2D eigenvalue weighted by molar-refractivity contribution is 5.89. The van der Waals surface area contributed by atoms with E-state index in [1.54, 1.807) is 31.4 Å². The maximum atomic E-state index is 13.1. The normalized spacial score (nSPS) is 10.0. The molecule has 23 heavy (non-hydrogen) atoms. The highest BCUT2D eigenvalue weighted by Gasteiger charge is 2.07. The third-order valence-corrected chi connectivity index (χ3v) is 3.23. The molecular formula is C17H19FN2O3. The van der Waals surface area contributed by atoms with Gasteiger partial charge in [0.25, 0.3) is 0 Å². The van der Waals surface area contributed by atoms with Gasteiger partial charge < -0.3 is 20.1 Å². The zero-order valence-electron chi connectivity index (χ0n) is 13.1. The van der Waals surface area contributed by atoms with E-state index in [1.165, 1.54) is 19.2 Å². The summed E-state index contributed by atoms with van der Waals surface area (Å²) in [4.78, 5) is 11.9. The van der Waals surface area contributed by atoms with Crippen LogP contribution in [0.1, 0.15) is 5.56 Å². The minimum atomic E-state index is -0.339. The molecule has 6 heteroatoms. The van der Waals surface area contributed by atoms with Crippen LogP contribution in [0.15, 0.2) is 42.5 Å². The van der Waals surface area contributed by atoms with Crippen LogP contribution >= 0.6 is 0 Å². The van der Waals surface area contributed by atoms with Crippen LogP contribution in [0.3, 0.4) is 0 Å². The smallest absolute Gasteiger partial charge is 0.319 e. The van der Waals surface area contributed by atoms with Gasteiger partial charge >= 0.3 is 6.03 Å². The van der Waals surface area contributed by atoms with Gasteiger partial charge in [-0.15, -0.1) is 0 Å². The van der Waals surface area contributed by atoms with E-state index in [4.69, 9.17) is 9.47 Å². The summed E-state index contributed by atoms with van der Waals surface area (Å²) < 4.78 is 23.4. The van der Waals surface area contributed by atoms with Gasteiger partial charge in [0.2, 0.25) is 0 Å². The number of nitrogens with one attached hydrogen (secondary N) is 2. The maximum absolute atomic E-state index is 13.1. The standard InChI is InChI=1S/C17H19FN2O3/c1-22-15-7-6-14(11-16(15)23-2)20-17(21)19-9-8-12-4-3-5-13(18)10-12/h3-7,10-11H,8-9H2,1-2H3,(H2,19,20,21). The molecule has 2 aromatic carbocycles. The predicted molar refractivity (Wildman–Crippen MR) is 86.7 cm³/mol. The third-order valence-electron chi connectivity index (χ3n) is 3.23. The number of urea groups is 1. The molecule has 2 N–H and O–H groups in total. The minimum Gasteiger partial charge on any atom is -0.493 e. The fraction of sp³-hybridized carbons (Fsp3) is 0.235. The topological polar surface area (TPSA) is 59.6 Å². The van der Waals surface area contributed by atoms with E-state index in [0.717, 1.165) is 5.56 Å². The van der Waals surface area contributed by atoms with E-state index in [0.29, 0.717) is 30.2 Å². The van der Waals surface area contributed by atoms with Gasteiger partial charge in [0.1, 0.15) is 5.82 Å². The molecule has 0 atom stereocenters. The summed E-state index contributed by atoms with van der Waals surface area (Å²) in [5, 5.41) is 5.43. The van der Waals surface area contributed by atoms with Crippen molar-refractivity contribution in [2.24, 2.45) is 0 Å². The monoisotopic (exact) mass is 318 g/mol. The highest BCUT2D eigenvalue weighted by Crippen LogP contribution is 2.29. The molecule has 0 aromatic heterocycles. The van der Waals surface area contributed by atoms with Crippen LogP contribution in [0, 0.1) is 5.82 Å². The van der Waals surface area contributed by atoms with Gasteiger partial charge in [0.05, 0.1) is 14.2 Å². The van der Waals surface area contributed by atoms with Crippen LogP contribution in [-0.2, 0) is 6.42 Å². The number of halogens is 1. The van der Waals surface area contributed by atoms with Gasteiger partial charge in [0, 0.05) is 18.3 Å². The molecule has 2 amide bonds. The van der Waals surface area contributed by atoms with E-state index in [2.05, 4.69) is 10.6 Å². The minimum absolute atomic E-state index is 0.280. The summed E-state index contributed by atoms with van der Waals surface area (Å²) in [6, 6.07) is 11.1. The number of benzene rings is 2. The van der Waals surface area contributed by atoms with Crippen molar-refractivity contribution in [3.63, 3.8) is 0 Å². The van der Waals surface area contributed by atoms with Crippen LogP contribution < -0.4 is 20.1 Å². The highest BCUT2D eigenvalue weighted by atomic mass is 19.1. The fourth-order valence-corrected chi connectivity index (χ4v) is 2.10. The molecule has 0 saturated heterocycles. The molecule has 0 spiro atoms. The van der Waals surface area contributed by atoms with Gasteiger partial charge in [0.15, 0.2) is 11.5 Å². The number of methoxy groups -OCH3 is 2. The molecule has 0 aliphatic heterocycles. The first-order valence-corrected chi connectivity index (χ1v) is 7.13. The Balaban J connectivity index is 1.85. The molecule has 2 aromatic rings. The first-order valence-electron chi connectivity index (χ1n) is 7.13. The van der Waals surface area contributed by atoms with Crippen LogP contribution in [0.4, 0.5) is 14.9 Å². The predicted octanol–water partition coefficient (Wildman–Crippen LogP) is 3.21. The third kappa shape index (κ3) is 4.88. The molecule has 0 aliphatic rings. The Morgan fingerprint density at radius 2 is 1.87 bits per heavy atom. The van der Waals surface area contributed by atoms with Gasteiger partial charge in [-0.3, -0.25) is 0 Å². The van der Waals surface area contributed by atoms with E-state index in [-0.39, 0.29) is 11.8 Å². The molecule has 0 unspecified atom stereocenters. The summed E-state index contributed by atoms with van der Waals surface area (Å²) in [7, 11) is 3.07. The van der Waals surface area contributed by atoms with Crippen molar-refractivity contribution in [3.8, 4) is 11.5 Å². The van der Waals surface area contributed by atoms with Gasteiger partial charge in [-0.25, -0.2) is 9.18 Å². The van der Waals surface area contributed by atoms with E-state index < -0.39 is 0 Å². The van der Waals surface area contributed by atoms with Crippen LogP contribution in [0.25, 0.3) is 0 Å². The lowest BCUT2D eigenvalue weighted by atomic mass is 10.1. The lowest BCUT2D eigenvalue weighted by Gasteiger charge is -2.11. The molecule has 0 bridgehead atoms. The van der Waals surface area contributed by atoms with Crippen molar-refractivity contribution in [3.05, 3.63) is 53.8 Å². The Hall–Kier alpha value is -2.76. The fourth-order valence-electron chi connectivity index (χ4n) is 2.10. The van der Waals surface area contributed by atoms with Crippen molar-refractivity contribution in [2.75, 3.05) is 26.1 Å². The Morgan fingerprint density at radius 3 is 2.57 bits per heavy atom. The molecule has 0 aliphatic carbocycles. The molecule has 0 radical (unpaired) electrons. The van der Waals surface area contributed by atoms with Gasteiger partial charge in [-0.2, -0.15) is 0 Å². The van der Waals surface area contributed by atoms with Crippen molar-refractivity contribution in [2.45, 2.75) is 6.42 Å². The molecular weight excluding hydrogens is 299 g/mol. The summed E-state index contributed by atoms with van der Waals surface area (Å²) in [5.74, 6) is 0.840. The SMILES string of the molecule is COc1ccc(NC(=O)NCCc2cccc(F)c2)cc1OC. The number of anilines is 1. The molecule has 2 rings (SSSR count). The second-order valence-electron chi connectivity index (χ2n) is 4.83. The van der Waals surface area contributed by atoms with Gasteiger partial charge in [-0.1, -0.05) is 12.1 Å². The Morgan fingerprint density at radius 1 is 1.09 bits per heavy atom. The lowest BCUT2D eigenvalue weighted by molar-refractivity contribution is 0.252. The average molecular weight is 318 g/mol. The second kappa shape index (κ2) is 8.03. The Bertz CT molecular complexity index is 677. The van der Waals surface area contributed by atoms with E-state index in [9.17, 15) is 9.18 Å². The number of rotatable bonds is 6. The Kier molecular flexibility index (Phi) is 5.80. The molecule has 0 heterocycles. The van der Waals surface area contributed by atoms with Crippen LogP contribution in [0.2, 0.25) is 0 Å². The Labute approximate surface area is 134 Å². The van der Waals surface area contributed by atoms with Crippen molar-refractivity contribution >= 4 is 11.7 Å². The zero-order chi connectivity index (χ0) is 16.7. The zero-order valence-corrected chi connectivity index (χ0v) is 13.1. The first kappa shape index (κ1) is 16.6. The molecule has 122 valence electrons. The van der Waals surface area contributed by atoms with Crippen LogP contribution in [-0.4, -0.2) is 26.8 Å². The van der Waals surface area contributed by atoms with Crippen molar-refractivity contribution < 1.29 is 18.7 Å². The summed E-state index contributed by atoms with van der Waals surface area (Å²) >= 11 is 0. The quantitative estimate of drug-likeness (QED) is 0.860. The van der Waals surface area contributed by atoms with E-state index in [1.807, 2.05) is 6.07 Å². The van der Waals surface area contributed by atoms with Gasteiger partial charge in [-0.05, 0) is 36.2 Å². The number of amides is 2.